The van der Waals surface area contributed by atoms with Gasteiger partial charge in [-0.05, 0) is 33.9 Å². The molecule has 0 fully saturated rings. The lowest BCUT2D eigenvalue weighted by Gasteiger charge is -2.21. The first-order valence-corrected chi connectivity index (χ1v) is 5.66. The van der Waals surface area contributed by atoms with E-state index in [1.165, 1.54) is 6.42 Å². The minimum atomic E-state index is -0.0238. The molecular weight excluding hydrogens is 178 g/mol. The van der Waals surface area contributed by atoms with Gasteiger partial charge in [0.25, 0.3) is 0 Å². The van der Waals surface area contributed by atoms with Gasteiger partial charge in [-0.1, -0.05) is 6.92 Å². The minimum absolute atomic E-state index is 0.0238. The van der Waals surface area contributed by atoms with Crippen LogP contribution in [0.5, 0.6) is 0 Å². The van der Waals surface area contributed by atoms with E-state index in [2.05, 4.69) is 18.9 Å². The fourth-order valence-electron chi connectivity index (χ4n) is 1.41. The molecule has 0 aromatic rings. The Balaban J connectivity index is 3.57. The van der Waals surface area contributed by atoms with E-state index in [0.29, 0.717) is 0 Å². The Bertz CT molecular complexity index is 114. The summed E-state index contributed by atoms with van der Waals surface area (Å²) in [6.45, 7) is 9.83. The third-order valence-electron chi connectivity index (χ3n) is 2.06. The van der Waals surface area contributed by atoms with Crippen molar-refractivity contribution < 1.29 is 9.47 Å². The smallest absolute Gasteiger partial charge is 0.158 e. The van der Waals surface area contributed by atoms with Gasteiger partial charge in [0.05, 0.1) is 0 Å². The van der Waals surface area contributed by atoms with Crippen LogP contribution in [0.2, 0.25) is 0 Å². The third-order valence-corrected chi connectivity index (χ3v) is 2.06. The van der Waals surface area contributed by atoms with Crippen LogP contribution in [0, 0.1) is 0 Å². The molecule has 3 heteroatoms. The van der Waals surface area contributed by atoms with Crippen LogP contribution in [0.25, 0.3) is 0 Å². The summed E-state index contributed by atoms with van der Waals surface area (Å²) in [5, 5.41) is 0. The molecule has 14 heavy (non-hydrogen) atoms. The number of rotatable bonds is 9. The van der Waals surface area contributed by atoms with E-state index in [0.717, 1.165) is 32.7 Å². The van der Waals surface area contributed by atoms with Crippen LogP contribution in [0.3, 0.4) is 0 Å². The summed E-state index contributed by atoms with van der Waals surface area (Å²) < 4.78 is 10.9. The topological polar surface area (TPSA) is 21.7 Å². The van der Waals surface area contributed by atoms with Crippen molar-refractivity contribution in [3.8, 4) is 0 Å². The van der Waals surface area contributed by atoms with Gasteiger partial charge in [-0.3, -0.25) is 0 Å². The van der Waals surface area contributed by atoms with Gasteiger partial charge >= 0.3 is 0 Å². The molecule has 0 aliphatic carbocycles. The van der Waals surface area contributed by atoms with Gasteiger partial charge in [0.15, 0.2) is 6.29 Å². The molecule has 0 saturated carbocycles. The summed E-state index contributed by atoms with van der Waals surface area (Å²) in [5.74, 6) is 0. The zero-order valence-electron chi connectivity index (χ0n) is 10.1. The molecule has 0 unspecified atom stereocenters. The summed E-state index contributed by atoms with van der Waals surface area (Å²) in [5.41, 5.74) is 0. The van der Waals surface area contributed by atoms with Gasteiger partial charge in [-0.25, -0.2) is 0 Å². The Kier molecular flexibility index (Phi) is 9.35. The maximum Gasteiger partial charge on any atom is 0.158 e. The fourth-order valence-corrected chi connectivity index (χ4v) is 1.41. The SMILES string of the molecule is CCCN(C)CCC(OCC)OCC. The van der Waals surface area contributed by atoms with E-state index in [4.69, 9.17) is 9.47 Å². The molecule has 0 atom stereocenters. The van der Waals surface area contributed by atoms with Gasteiger partial charge in [0, 0.05) is 26.2 Å². The summed E-state index contributed by atoms with van der Waals surface area (Å²) in [4.78, 5) is 2.31. The van der Waals surface area contributed by atoms with E-state index in [1.54, 1.807) is 0 Å². The van der Waals surface area contributed by atoms with Crippen LogP contribution < -0.4 is 0 Å². The number of nitrogens with zero attached hydrogens (tertiary/aromatic N) is 1. The van der Waals surface area contributed by atoms with Gasteiger partial charge in [0.2, 0.25) is 0 Å². The maximum absolute atomic E-state index is 5.46. The van der Waals surface area contributed by atoms with Crippen LogP contribution >= 0.6 is 0 Å². The molecule has 0 bridgehead atoms. The van der Waals surface area contributed by atoms with Crippen molar-refractivity contribution in [1.82, 2.24) is 4.90 Å². The molecule has 0 aliphatic rings. The van der Waals surface area contributed by atoms with Crippen molar-refractivity contribution in [2.75, 3.05) is 33.4 Å². The number of hydrogen-bond donors (Lipinski definition) is 0. The van der Waals surface area contributed by atoms with Crippen LogP contribution in [0.4, 0.5) is 0 Å². The van der Waals surface area contributed by atoms with Crippen LogP contribution in [-0.4, -0.2) is 44.5 Å². The molecule has 0 spiro atoms. The van der Waals surface area contributed by atoms with Gasteiger partial charge < -0.3 is 14.4 Å². The molecule has 0 saturated heterocycles. The first-order valence-electron chi connectivity index (χ1n) is 5.66. The molecule has 0 amide bonds. The predicted molar refractivity (Wildman–Crippen MR) is 59.4 cm³/mol. The van der Waals surface area contributed by atoms with E-state index in [9.17, 15) is 0 Å². The molecule has 0 rings (SSSR count). The zero-order chi connectivity index (χ0) is 10.8. The first kappa shape index (κ1) is 13.9. The second-order valence-electron chi connectivity index (χ2n) is 3.43. The lowest BCUT2D eigenvalue weighted by molar-refractivity contribution is -0.141. The quantitative estimate of drug-likeness (QED) is 0.536. The summed E-state index contributed by atoms with van der Waals surface area (Å²) in [7, 11) is 2.14. The Labute approximate surface area is 88.4 Å². The number of hydrogen-bond acceptors (Lipinski definition) is 3. The van der Waals surface area contributed by atoms with Gasteiger partial charge in [-0.15, -0.1) is 0 Å². The van der Waals surface area contributed by atoms with Crippen molar-refractivity contribution in [3.05, 3.63) is 0 Å². The molecular formula is C11H25NO2. The maximum atomic E-state index is 5.46. The second kappa shape index (κ2) is 9.44. The average Bonchev–Trinajstić information content (AvgIpc) is 2.15. The second-order valence-corrected chi connectivity index (χ2v) is 3.43. The monoisotopic (exact) mass is 203 g/mol. The van der Waals surface area contributed by atoms with Crippen molar-refractivity contribution >= 4 is 0 Å². The Morgan fingerprint density at radius 3 is 2.00 bits per heavy atom. The molecule has 3 nitrogen and oxygen atoms in total. The largest absolute Gasteiger partial charge is 0.353 e. The Morgan fingerprint density at radius 2 is 1.57 bits per heavy atom. The first-order chi connectivity index (χ1) is 6.74. The highest BCUT2D eigenvalue weighted by Crippen LogP contribution is 2.02. The van der Waals surface area contributed by atoms with Crippen molar-refractivity contribution in [2.45, 2.75) is 39.9 Å². The van der Waals surface area contributed by atoms with E-state index in [1.807, 2.05) is 13.8 Å². The summed E-state index contributed by atoms with van der Waals surface area (Å²) >= 11 is 0. The van der Waals surface area contributed by atoms with Gasteiger partial charge in [0.1, 0.15) is 0 Å². The van der Waals surface area contributed by atoms with Crippen molar-refractivity contribution in [2.24, 2.45) is 0 Å². The average molecular weight is 203 g/mol. The highest BCUT2D eigenvalue weighted by atomic mass is 16.7. The molecule has 86 valence electrons. The van der Waals surface area contributed by atoms with Crippen LogP contribution in [-0.2, 0) is 9.47 Å². The minimum Gasteiger partial charge on any atom is -0.353 e. The number of ether oxygens (including phenoxy) is 2. The van der Waals surface area contributed by atoms with E-state index >= 15 is 0 Å². The highest BCUT2D eigenvalue weighted by Gasteiger charge is 2.08. The van der Waals surface area contributed by atoms with E-state index in [-0.39, 0.29) is 6.29 Å². The molecule has 0 aliphatic heterocycles. The van der Waals surface area contributed by atoms with Gasteiger partial charge in [-0.2, -0.15) is 0 Å². The highest BCUT2D eigenvalue weighted by molar-refractivity contribution is 4.53. The summed E-state index contributed by atoms with van der Waals surface area (Å²) in [6.07, 6.45) is 2.13. The van der Waals surface area contributed by atoms with Crippen molar-refractivity contribution in [1.29, 1.82) is 0 Å². The lowest BCUT2D eigenvalue weighted by Crippen LogP contribution is -2.27. The molecule has 0 radical (unpaired) electrons. The summed E-state index contributed by atoms with van der Waals surface area (Å²) in [6, 6.07) is 0. The standard InChI is InChI=1S/C11H25NO2/c1-5-9-12(4)10-8-11(13-6-2)14-7-3/h11H,5-10H2,1-4H3. The van der Waals surface area contributed by atoms with E-state index < -0.39 is 0 Å². The normalized spacial score (nSPS) is 11.6. The fraction of sp³-hybridized carbons (Fsp3) is 1.00. The molecule has 0 heterocycles. The van der Waals surface area contributed by atoms with Crippen LogP contribution in [0.1, 0.15) is 33.6 Å². The predicted octanol–water partition coefficient (Wildman–Crippen LogP) is 2.12. The third kappa shape index (κ3) is 7.30. The van der Waals surface area contributed by atoms with Crippen molar-refractivity contribution in [3.63, 3.8) is 0 Å². The molecule has 0 aromatic heterocycles. The lowest BCUT2D eigenvalue weighted by atomic mass is 10.3. The zero-order valence-corrected chi connectivity index (χ0v) is 10.1. The Morgan fingerprint density at radius 1 is 1.00 bits per heavy atom. The Hall–Kier alpha value is -0.120. The molecule has 0 aromatic carbocycles. The molecule has 0 N–H and O–H groups in total. The van der Waals surface area contributed by atoms with Crippen LogP contribution in [0.15, 0.2) is 0 Å².